The monoisotopic (exact) mass is 261 g/mol. The van der Waals surface area contributed by atoms with Gasteiger partial charge < -0.3 is 15.5 Å². The van der Waals surface area contributed by atoms with Gasteiger partial charge in [0, 0.05) is 18.8 Å². The van der Waals surface area contributed by atoms with E-state index >= 15 is 0 Å². The van der Waals surface area contributed by atoms with E-state index in [4.69, 9.17) is 10.5 Å². The zero-order valence-electron chi connectivity index (χ0n) is 11.4. The van der Waals surface area contributed by atoms with Crippen LogP contribution in [0.25, 0.3) is 11.0 Å². The zero-order valence-corrected chi connectivity index (χ0v) is 11.4. The molecule has 0 bridgehead atoms. The van der Waals surface area contributed by atoms with Crippen LogP contribution >= 0.6 is 0 Å². The van der Waals surface area contributed by atoms with E-state index in [0.717, 1.165) is 16.6 Å². The van der Waals surface area contributed by atoms with Crippen LogP contribution in [0.2, 0.25) is 0 Å². The lowest BCUT2D eigenvalue weighted by atomic mass is 10.1. The van der Waals surface area contributed by atoms with Crippen LogP contribution in [0.15, 0.2) is 24.5 Å². The maximum atomic E-state index is 11.8. The molecule has 2 heterocycles. The summed E-state index contributed by atoms with van der Waals surface area (Å²) in [5.41, 5.74) is 8.08. The SMILES string of the molecule is CC(C)(C)OC(=O)[C@H](N)Cc1c[nH]c2cccnc12. The molecule has 5 nitrogen and oxygen atoms in total. The highest BCUT2D eigenvalue weighted by Crippen LogP contribution is 2.17. The molecule has 2 aromatic rings. The van der Waals surface area contributed by atoms with Gasteiger partial charge in [0.1, 0.15) is 11.6 Å². The summed E-state index contributed by atoms with van der Waals surface area (Å²) in [4.78, 5) is 19.2. The van der Waals surface area contributed by atoms with Crippen LogP contribution in [0.5, 0.6) is 0 Å². The van der Waals surface area contributed by atoms with Gasteiger partial charge in [-0.2, -0.15) is 0 Å². The fourth-order valence-corrected chi connectivity index (χ4v) is 1.86. The lowest BCUT2D eigenvalue weighted by Crippen LogP contribution is -2.38. The van der Waals surface area contributed by atoms with E-state index in [1.807, 2.05) is 39.1 Å². The second-order valence-electron chi connectivity index (χ2n) is 5.56. The molecule has 0 aliphatic rings. The molecular weight excluding hydrogens is 242 g/mol. The fraction of sp³-hybridized carbons (Fsp3) is 0.429. The molecule has 0 fully saturated rings. The number of esters is 1. The lowest BCUT2D eigenvalue weighted by molar-refractivity contribution is -0.156. The molecule has 0 aliphatic heterocycles. The van der Waals surface area contributed by atoms with E-state index in [2.05, 4.69) is 9.97 Å². The molecule has 0 amide bonds. The molecule has 3 N–H and O–H groups in total. The summed E-state index contributed by atoms with van der Waals surface area (Å²) in [6, 6.07) is 3.11. The van der Waals surface area contributed by atoms with Crippen LogP contribution in [0.3, 0.4) is 0 Å². The van der Waals surface area contributed by atoms with Crippen LogP contribution < -0.4 is 5.73 Å². The third-order valence-corrected chi connectivity index (χ3v) is 2.66. The number of nitrogens with zero attached hydrogens (tertiary/aromatic N) is 1. The third kappa shape index (κ3) is 3.32. The Kier molecular flexibility index (Phi) is 3.57. The Morgan fingerprint density at radius 3 is 2.95 bits per heavy atom. The number of nitrogens with one attached hydrogen (secondary N) is 1. The number of fused-ring (bicyclic) bond motifs is 1. The summed E-state index contributed by atoms with van der Waals surface area (Å²) in [5, 5.41) is 0. The first-order valence-electron chi connectivity index (χ1n) is 6.26. The topological polar surface area (TPSA) is 81.0 Å². The van der Waals surface area contributed by atoms with Crippen molar-refractivity contribution >= 4 is 17.0 Å². The number of nitrogens with two attached hydrogens (primary N) is 1. The van der Waals surface area contributed by atoms with E-state index in [9.17, 15) is 4.79 Å². The highest BCUT2D eigenvalue weighted by molar-refractivity contribution is 5.81. The second-order valence-corrected chi connectivity index (χ2v) is 5.56. The molecule has 2 aromatic heterocycles. The summed E-state index contributed by atoms with van der Waals surface area (Å²) in [5.74, 6) is -0.391. The molecule has 0 radical (unpaired) electrons. The number of carbonyl (C=O) groups excluding carboxylic acids is 1. The van der Waals surface area contributed by atoms with Crippen LogP contribution in [-0.2, 0) is 16.0 Å². The average Bonchev–Trinajstić information content (AvgIpc) is 2.70. The molecule has 102 valence electrons. The standard InChI is InChI=1S/C14H19N3O2/c1-14(2,3)19-13(18)10(15)7-9-8-17-11-5-4-6-16-12(9)11/h4-6,8,10,17H,7,15H2,1-3H3/t10-/m1/s1. The summed E-state index contributed by atoms with van der Waals surface area (Å²) < 4.78 is 5.27. The van der Waals surface area contributed by atoms with Crippen LogP contribution in [0.1, 0.15) is 26.3 Å². The first-order valence-corrected chi connectivity index (χ1v) is 6.26. The number of pyridine rings is 1. The van der Waals surface area contributed by atoms with Crippen molar-refractivity contribution in [3.63, 3.8) is 0 Å². The average molecular weight is 261 g/mol. The molecule has 0 unspecified atom stereocenters. The Morgan fingerprint density at radius 1 is 1.53 bits per heavy atom. The molecule has 0 saturated heterocycles. The minimum absolute atomic E-state index is 0.391. The van der Waals surface area contributed by atoms with Crippen molar-refractivity contribution in [2.24, 2.45) is 5.73 Å². The van der Waals surface area contributed by atoms with E-state index in [-0.39, 0.29) is 0 Å². The van der Waals surface area contributed by atoms with Crippen molar-refractivity contribution in [3.05, 3.63) is 30.1 Å². The normalized spacial score (nSPS) is 13.5. The maximum absolute atomic E-state index is 11.8. The lowest BCUT2D eigenvalue weighted by Gasteiger charge is -2.22. The number of H-pyrrole nitrogens is 1. The van der Waals surface area contributed by atoms with Gasteiger partial charge in [0.25, 0.3) is 0 Å². The Bertz CT molecular complexity index is 584. The number of hydrogen-bond acceptors (Lipinski definition) is 4. The molecule has 1 atom stereocenters. The Balaban J connectivity index is 2.10. The van der Waals surface area contributed by atoms with Gasteiger partial charge in [-0.1, -0.05) is 0 Å². The van der Waals surface area contributed by atoms with Crippen LogP contribution in [0.4, 0.5) is 0 Å². The summed E-state index contributed by atoms with van der Waals surface area (Å²) in [6.45, 7) is 5.47. The molecular formula is C14H19N3O2. The van der Waals surface area contributed by atoms with Crippen LogP contribution in [-0.4, -0.2) is 27.6 Å². The van der Waals surface area contributed by atoms with Crippen molar-refractivity contribution < 1.29 is 9.53 Å². The largest absolute Gasteiger partial charge is 0.459 e. The van der Waals surface area contributed by atoms with Crippen LogP contribution in [0, 0.1) is 0 Å². The number of carbonyl (C=O) groups is 1. The summed E-state index contributed by atoms with van der Waals surface area (Å²) >= 11 is 0. The van der Waals surface area contributed by atoms with Crippen molar-refractivity contribution in [2.75, 3.05) is 0 Å². The predicted molar refractivity (Wildman–Crippen MR) is 73.6 cm³/mol. The predicted octanol–water partition coefficient (Wildman–Crippen LogP) is 1.77. The Labute approximate surface area is 112 Å². The van der Waals surface area contributed by atoms with E-state index in [0.29, 0.717) is 6.42 Å². The van der Waals surface area contributed by atoms with E-state index in [1.54, 1.807) is 6.20 Å². The van der Waals surface area contributed by atoms with Crippen molar-refractivity contribution in [1.29, 1.82) is 0 Å². The van der Waals surface area contributed by atoms with Crippen molar-refractivity contribution in [1.82, 2.24) is 9.97 Å². The van der Waals surface area contributed by atoms with E-state index < -0.39 is 17.6 Å². The maximum Gasteiger partial charge on any atom is 0.323 e. The summed E-state index contributed by atoms with van der Waals surface area (Å²) in [6.07, 6.45) is 3.96. The van der Waals surface area contributed by atoms with Gasteiger partial charge in [-0.3, -0.25) is 9.78 Å². The molecule has 19 heavy (non-hydrogen) atoms. The van der Waals surface area contributed by atoms with Gasteiger partial charge in [0.2, 0.25) is 0 Å². The fourth-order valence-electron chi connectivity index (χ4n) is 1.86. The van der Waals surface area contributed by atoms with Gasteiger partial charge in [0.15, 0.2) is 0 Å². The number of aromatic nitrogens is 2. The van der Waals surface area contributed by atoms with Gasteiger partial charge in [0.05, 0.1) is 11.0 Å². The molecule has 0 spiro atoms. The number of rotatable bonds is 3. The number of aromatic amines is 1. The molecule has 0 saturated carbocycles. The first-order chi connectivity index (χ1) is 8.87. The zero-order chi connectivity index (χ0) is 14.0. The Hall–Kier alpha value is -1.88. The Morgan fingerprint density at radius 2 is 2.26 bits per heavy atom. The minimum atomic E-state index is -0.680. The number of hydrogen-bond donors (Lipinski definition) is 2. The quantitative estimate of drug-likeness (QED) is 0.825. The second kappa shape index (κ2) is 5.01. The van der Waals surface area contributed by atoms with Gasteiger partial charge in [-0.05, 0) is 38.5 Å². The smallest absolute Gasteiger partial charge is 0.323 e. The highest BCUT2D eigenvalue weighted by atomic mass is 16.6. The third-order valence-electron chi connectivity index (χ3n) is 2.66. The first kappa shape index (κ1) is 13.5. The van der Waals surface area contributed by atoms with Gasteiger partial charge >= 0.3 is 5.97 Å². The van der Waals surface area contributed by atoms with Crippen molar-refractivity contribution in [2.45, 2.75) is 38.8 Å². The molecule has 5 heteroatoms. The molecule has 0 aromatic carbocycles. The van der Waals surface area contributed by atoms with Gasteiger partial charge in [-0.25, -0.2) is 0 Å². The van der Waals surface area contributed by atoms with Crippen molar-refractivity contribution in [3.8, 4) is 0 Å². The van der Waals surface area contributed by atoms with Gasteiger partial charge in [-0.15, -0.1) is 0 Å². The summed E-state index contributed by atoms with van der Waals surface area (Å²) in [7, 11) is 0. The van der Waals surface area contributed by atoms with E-state index in [1.165, 1.54) is 0 Å². The highest BCUT2D eigenvalue weighted by Gasteiger charge is 2.23. The minimum Gasteiger partial charge on any atom is -0.459 e. The molecule has 0 aliphatic carbocycles. The molecule has 2 rings (SSSR count). The number of ether oxygens (including phenoxy) is 1.